The predicted molar refractivity (Wildman–Crippen MR) is 117 cm³/mol. The second-order valence-corrected chi connectivity index (χ2v) is 10.2. The van der Waals surface area contributed by atoms with Gasteiger partial charge in [-0.25, -0.2) is 9.59 Å². The van der Waals surface area contributed by atoms with Crippen molar-refractivity contribution in [2.45, 2.75) is 71.2 Å². The van der Waals surface area contributed by atoms with Crippen LogP contribution in [0.1, 0.15) is 47.1 Å². The van der Waals surface area contributed by atoms with Gasteiger partial charge in [0, 0.05) is 12.2 Å². The molecule has 1 N–H and O–H groups in total. The van der Waals surface area contributed by atoms with E-state index in [1.54, 1.807) is 41.5 Å². The number of rotatable bonds is 5. The average Bonchev–Trinajstić information content (AvgIpc) is 3.09. The molecule has 1 aromatic carbocycles. The van der Waals surface area contributed by atoms with Gasteiger partial charge < -0.3 is 14.8 Å². The number of hydrogen-bond acceptors (Lipinski definition) is 6. The van der Waals surface area contributed by atoms with Gasteiger partial charge in [-0.2, -0.15) is 0 Å². The van der Waals surface area contributed by atoms with Crippen molar-refractivity contribution < 1.29 is 23.9 Å². The molecule has 1 fully saturated rings. The molecule has 30 heavy (non-hydrogen) atoms. The number of benzene rings is 1. The summed E-state index contributed by atoms with van der Waals surface area (Å²) < 4.78 is 10.9. The van der Waals surface area contributed by atoms with E-state index < -0.39 is 41.3 Å². The van der Waals surface area contributed by atoms with Crippen molar-refractivity contribution in [3.63, 3.8) is 0 Å². The minimum atomic E-state index is -0.856. The van der Waals surface area contributed by atoms with Gasteiger partial charge in [0.1, 0.15) is 23.3 Å². The minimum Gasteiger partial charge on any atom is -0.458 e. The van der Waals surface area contributed by atoms with Crippen molar-refractivity contribution in [3.05, 3.63) is 35.9 Å². The zero-order chi connectivity index (χ0) is 22.5. The molecule has 2 amide bonds. The maximum Gasteiger partial charge on any atom is 0.411 e. The molecule has 0 aromatic heterocycles. The number of thioether (sulfide) groups is 1. The van der Waals surface area contributed by atoms with Gasteiger partial charge in [0.2, 0.25) is 5.91 Å². The number of hydrogen-bond donors (Lipinski definition) is 1. The molecule has 2 rings (SSSR count). The maximum atomic E-state index is 13.0. The fourth-order valence-corrected chi connectivity index (χ4v) is 3.99. The first-order valence-corrected chi connectivity index (χ1v) is 11.2. The molecular formula is C22H32N2O5S. The summed E-state index contributed by atoms with van der Waals surface area (Å²) in [5.41, 5.74) is -0.432. The largest absolute Gasteiger partial charge is 0.458 e. The van der Waals surface area contributed by atoms with E-state index in [4.69, 9.17) is 9.47 Å². The lowest BCUT2D eigenvalue weighted by Crippen LogP contribution is -2.54. The fourth-order valence-electron chi connectivity index (χ4n) is 2.84. The molecule has 0 unspecified atom stereocenters. The Morgan fingerprint density at radius 1 is 1.07 bits per heavy atom. The average molecular weight is 437 g/mol. The van der Waals surface area contributed by atoms with E-state index in [0.29, 0.717) is 18.1 Å². The van der Waals surface area contributed by atoms with Crippen LogP contribution in [0.2, 0.25) is 0 Å². The van der Waals surface area contributed by atoms with Gasteiger partial charge in [-0.3, -0.25) is 9.69 Å². The van der Waals surface area contributed by atoms with Gasteiger partial charge in [0.05, 0.1) is 5.88 Å². The quantitative estimate of drug-likeness (QED) is 0.713. The topological polar surface area (TPSA) is 84.9 Å². The van der Waals surface area contributed by atoms with Crippen LogP contribution in [-0.4, -0.2) is 57.8 Å². The highest BCUT2D eigenvalue weighted by Crippen LogP contribution is 2.24. The van der Waals surface area contributed by atoms with Crippen LogP contribution >= 0.6 is 11.8 Å². The normalized spacial score (nSPS) is 17.9. The Kier molecular flexibility index (Phi) is 7.80. The van der Waals surface area contributed by atoms with Crippen LogP contribution in [-0.2, 0) is 25.5 Å². The molecule has 0 saturated carbocycles. The number of amides is 2. The highest BCUT2D eigenvalue weighted by molar-refractivity contribution is 7.99. The second kappa shape index (κ2) is 9.73. The predicted octanol–water partition coefficient (Wildman–Crippen LogP) is 3.37. The molecule has 2 atom stereocenters. The zero-order valence-electron chi connectivity index (χ0n) is 18.6. The lowest BCUT2D eigenvalue weighted by Gasteiger charge is -2.29. The summed E-state index contributed by atoms with van der Waals surface area (Å²) in [7, 11) is 0. The molecule has 1 aliphatic rings. The number of nitrogens with zero attached hydrogens (tertiary/aromatic N) is 1. The molecule has 166 valence electrons. The van der Waals surface area contributed by atoms with Crippen LogP contribution < -0.4 is 5.32 Å². The first-order chi connectivity index (χ1) is 13.9. The molecule has 1 aromatic rings. The van der Waals surface area contributed by atoms with E-state index in [2.05, 4.69) is 5.32 Å². The fraction of sp³-hybridized carbons (Fsp3) is 0.591. The highest BCUT2D eigenvalue weighted by Gasteiger charge is 2.39. The summed E-state index contributed by atoms with van der Waals surface area (Å²) in [4.78, 5) is 39.7. The Hall–Kier alpha value is -2.22. The number of ether oxygens (including phenoxy) is 2. The van der Waals surface area contributed by atoms with Gasteiger partial charge >= 0.3 is 12.1 Å². The number of esters is 1. The molecule has 1 aliphatic heterocycles. The summed E-state index contributed by atoms with van der Waals surface area (Å²) in [5.74, 6) is -0.0907. The SMILES string of the molecule is CC(C)(C)OC(=O)[C@H](Cc1ccccc1)NC(=O)[C@@H]1CSCN1C(=O)OC(C)(C)C. The van der Waals surface area contributed by atoms with E-state index >= 15 is 0 Å². The first-order valence-electron chi connectivity index (χ1n) is 10.0. The van der Waals surface area contributed by atoms with Gasteiger partial charge in [0.25, 0.3) is 0 Å². The summed E-state index contributed by atoms with van der Waals surface area (Å²) in [6.07, 6.45) is -0.238. The van der Waals surface area contributed by atoms with E-state index in [9.17, 15) is 14.4 Å². The third-order valence-electron chi connectivity index (χ3n) is 4.10. The van der Waals surface area contributed by atoms with Crippen molar-refractivity contribution >= 4 is 29.7 Å². The van der Waals surface area contributed by atoms with E-state index in [0.717, 1.165) is 5.56 Å². The van der Waals surface area contributed by atoms with Gasteiger partial charge in [0.15, 0.2) is 0 Å². The van der Waals surface area contributed by atoms with Gasteiger partial charge in [-0.15, -0.1) is 11.8 Å². The Labute approximate surface area is 182 Å². The molecular weight excluding hydrogens is 404 g/mol. The summed E-state index contributed by atoms with van der Waals surface area (Å²) >= 11 is 1.47. The van der Waals surface area contributed by atoms with Gasteiger partial charge in [-0.05, 0) is 47.1 Å². The molecule has 1 saturated heterocycles. The molecule has 0 radical (unpaired) electrons. The summed E-state index contributed by atoms with van der Waals surface area (Å²) in [6.45, 7) is 10.7. The Morgan fingerprint density at radius 3 is 2.23 bits per heavy atom. The van der Waals surface area contributed by atoms with Gasteiger partial charge in [-0.1, -0.05) is 30.3 Å². The standard InChI is InChI=1S/C22H32N2O5S/c1-21(2,3)28-19(26)16(12-15-10-8-7-9-11-15)23-18(25)17-13-30-14-24(17)20(27)29-22(4,5)6/h7-11,16-17H,12-14H2,1-6H3,(H,23,25)/t16-,17-/m0/s1. The van der Waals surface area contributed by atoms with Crippen molar-refractivity contribution in [3.8, 4) is 0 Å². The van der Waals surface area contributed by atoms with E-state index in [-0.39, 0.29) is 0 Å². The van der Waals surface area contributed by atoms with E-state index in [1.807, 2.05) is 30.3 Å². The Morgan fingerprint density at radius 2 is 1.67 bits per heavy atom. The third kappa shape index (κ3) is 7.55. The molecule has 0 spiro atoms. The van der Waals surface area contributed by atoms with Crippen molar-refractivity contribution in [1.29, 1.82) is 0 Å². The Bertz CT molecular complexity index is 755. The highest BCUT2D eigenvalue weighted by atomic mass is 32.2. The monoisotopic (exact) mass is 436 g/mol. The lowest BCUT2D eigenvalue weighted by molar-refractivity contribution is -0.158. The smallest absolute Gasteiger partial charge is 0.411 e. The summed E-state index contributed by atoms with van der Waals surface area (Å²) in [6, 6.07) is 7.86. The van der Waals surface area contributed by atoms with Crippen LogP contribution in [0.3, 0.4) is 0 Å². The first kappa shape index (κ1) is 24.1. The van der Waals surface area contributed by atoms with Crippen LogP contribution in [0, 0.1) is 0 Å². The second-order valence-electron chi connectivity index (χ2n) is 9.25. The molecule has 8 heteroatoms. The van der Waals surface area contributed by atoms with Crippen LogP contribution in [0.25, 0.3) is 0 Å². The molecule has 0 bridgehead atoms. The molecule has 7 nitrogen and oxygen atoms in total. The van der Waals surface area contributed by atoms with Crippen LogP contribution in [0.5, 0.6) is 0 Å². The van der Waals surface area contributed by atoms with Crippen molar-refractivity contribution in [1.82, 2.24) is 10.2 Å². The molecule has 0 aliphatic carbocycles. The van der Waals surface area contributed by atoms with Crippen molar-refractivity contribution in [2.75, 3.05) is 11.6 Å². The third-order valence-corrected chi connectivity index (χ3v) is 5.12. The summed E-state index contributed by atoms with van der Waals surface area (Å²) in [5, 5.41) is 2.80. The number of carbonyl (C=O) groups is 3. The van der Waals surface area contributed by atoms with E-state index in [1.165, 1.54) is 16.7 Å². The maximum absolute atomic E-state index is 13.0. The zero-order valence-corrected chi connectivity index (χ0v) is 19.4. The Balaban J connectivity index is 2.14. The van der Waals surface area contributed by atoms with Crippen LogP contribution in [0.4, 0.5) is 4.79 Å². The minimum absolute atomic E-state index is 0.299. The van der Waals surface area contributed by atoms with Crippen molar-refractivity contribution in [2.24, 2.45) is 0 Å². The number of nitrogens with one attached hydrogen (secondary N) is 1. The molecule has 1 heterocycles. The lowest BCUT2D eigenvalue weighted by atomic mass is 10.0. The number of carbonyl (C=O) groups excluding carboxylic acids is 3. The van der Waals surface area contributed by atoms with Crippen LogP contribution in [0.15, 0.2) is 30.3 Å².